The lowest BCUT2D eigenvalue weighted by molar-refractivity contribution is 0.353. The molecule has 1 unspecified atom stereocenters. The van der Waals surface area contributed by atoms with E-state index in [-0.39, 0.29) is 0 Å². The van der Waals surface area contributed by atoms with E-state index in [1.165, 1.54) is 56.9 Å². The smallest absolute Gasteiger partial charge is 0.0110 e. The Bertz CT molecular complexity index is 325. The van der Waals surface area contributed by atoms with Crippen molar-refractivity contribution in [1.82, 2.24) is 5.32 Å². The molecule has 1 aliphatic rings. The quantitative estimate of drug-likeness (QED) is 0.738. The summed E-state index contributed by atoms with van der Waals surface area (Å²) in [7, 11) is 0. The Morgan fingerprint density at radius 3 is 2.37 bits per heavy atom. The number of likely N-dealkylation sites (N-methyl/N-ethyl adjacent to an activating group) is 1. The minimum Gasteiger partial charge on any atom is -0.314 e. The van der Waals surface area contributed by atoms with Crippen LogP contribution in [-0.2, 0) is 6.42 Å². The highest BCUT2D eigenvalue weighted by Gasteiger charge is 2.17. The molecule has 1 heteroatoms. The van der Waals surface area contributed by atoms with Gasteiger partial charge in [-0.25, -0.2) is 0 Å². The number of hydrogen-bond donors (Lipinski definition) is 1. The van der Waals surface area contributed by atoms with Gasteiger partial charge in [0, 0.05) is 6.04 Å². The fourth-order valence-electron chi connectivity index (χ4n) is 3.43. The van der Waals surface area contributed by atoms with Crippen molar-refractivity contribution in [2.75, 3.05) is 6.54 Å². The highest BCUT2D eigenvalue weighted by Crippen LogP contribution is 2.27. The van der Waals surface area contributed by atoms with Crippen molar-refractivity contribution >= 4 is 0 Å². The molecule has 0 saturated heterocycles. The minimum absolute atomic E-state index is 0.662. The highest BCUT2D eigenvalue weighted by atomic mass is 14.9. The van der Waals surface area contributed by atoms with Crippen LogP contribution < -0.4 is 5.32 Å². The Balaban J connectivity index is 1.87. The van der Waals surface area contributed by atoms with Gasteiger partial charge in [0.2, 0.25) is 0 Å². The van der Waals surface area contributed by atoms with Gasteiger partial charge in [0.1, 0.15) is 0 Å². The van der Waals surface area contributed by atoms with Gasteiger partial charge in [-0.05, 0) is 30.9 Å². The molecule has 1 N–H and O–H groups in total. The predicted molar refractivity (Wildman–Crippen MR) is 83.4 cm³/mol. The summed E-state index contributed by atoms with van der Waals surface area (Å²) < 4.78 is 0. The third kappa shape index (κ3) is 5.36. The molecule has 0 heterocycles. The summed E-state index contributed by atoms with van der Waals surface area (Å²) in [5.41, 5.74) is 1.47. The van der Waals surface area contributed by atoms with E-state index in [9.17, 15) is 0 Å². The normalized spacial score (nSPS) is 19.0. The van der Waals surface area contributed by atoms with Crippen LogP contribution in [0.5, 0.6) is 0 Å². The van der Waals surface area contributed by atoms with Gasteiger partial charge in [-0.2, -0.15) is 0 Å². The third-order valence-corrected chi connectivity index (χ3v) is 4.41. The first-order valence-corrected chi connectivity index (χ1v) is 8.15. The fourth-order valence-corrected chi connectivity index (χ4v) is 3.43. The van der Waals surface area contributed by atoms with E-state index in [1.807, 2.05) is 0 Å². The average Bonchev–Trinajstić information content (AvgIpc) is 2.69. The van der Waals surface area contributed by atoms with Gasteiger partial charge in [-0.1, -0.05) is 75.8 Å². The Kier molecular flexibility index (Phi) is 6.43. The van der Waals surface area contributed by atoms with Crippen LogP contribution in [0.1, 0.15) is 57.4 Å². The molecular weight excluding hydrogens is 230 g/mol. The zero-order valence-electron chi connectivity index (χ0n) is 12.4. The van der Waals surface area contributed by atoms with E-state index < -0.39 is 0 Å². The van der Waals surface area contributed by atoms with E-state index in [0.717, 1.165) is 12.5 Å². The van der Waals surface area contributed by atoms with Crippen molar-refractivity contribution in [1.29, 1.82) is 0 Å². The first-order chi connectivity index (χ1) is 9.38. The van der Waals surface area contributed by atoms with Gasteiger partial charge in [0.05, 0.1) is 0 Å². The van der Waals surface area contributed by atoms with E-state index in [4.69, 9.17) is 0 Å². The Labute approximate surface area is 118 Å². The molecule has 1 fully saturated rings. The SMILES string of the molecule is CCNC(Cc1ccccc1)CC1CCCCCC1. The lowest BCUT2D eigenvalue weighted by Crippen LogP contribution is -2.33. The molecule has 0 aliphatic heterocycles. The molecule has 106 valence electrons. The highest BCUT2D eigenvalue weighted by molar-refractivity contribution is 5.15. The van der Waals surface area contributed by atoms with E-state index in [2.05, 4.69) is 42.6 Å². The van der Waals surface area contributed by atoms with E-state index in [0.29, 0.717) is 6.04 Å². The molecule has 0 amide bonds. The monoisotopic (exact) mass is 259 g/mol. The number of rotatable bonds is 6. The molecular formula is C18H29N. The first kappa shape index (κ1) is 14.6. The van der Waals surface area contributed by atoms with Crippen molar-refractivity contribution in [3.8, 4) is 0 Å². The topological polar surface area (TPSA) is 12.0 Å². The van der Waals surface area contributed by atoms with Crippen LogP contribution in [0.15, 0.2) is 30.3 Å². The summed E-state index contributed by atoms with van der Waals surface area (Å²) in [5, 5.41) is 3.70. The molecule has 0 radical (unpaired) electrons. The second-order valence-corrected chi connectivity index (χ2v) is 6.04. The summed E-state index contributed by atoms with van der Waals surface area (Å²) in [6.45, 7) is 3.31. The number of benzene rings is 1. The van der Waals surface area contributed by atoms with Gasteiger partial charge in [0.25, 0.3) is 0 Å². The van der Waals surface area contributed by atoms with Crippen LogP contribution in [0.4, 0.5) is 0 Å². The molecule has 2 rings (SSSR count). The maximum absolute atomic E-state index is 3.70. The van der Waals surface area contributed by atoms with Crippen molar-refractivity contribution < 1.29 is 0 Å². The fraction of sp³-hybridized carbons (Fsp3) is 0.667. The van der Waals surface area contributed by atoms with Crippen molar-refractivity contribution in [2.24, 2.45) is 5.92 Å². The molecule has 0 aromatic heterocycles. The molecule has 1 aromatic carbocycles. The van der Waals surface area contributed by atoms with Gasteiger partial charge in [-0.15, -0.1) is 0 Å². The zero-order valence-corrected chi connectivity index (χ0v) is 12.4. The van der Waals surface area contributed by atoms with E-state index in [1.54, 1.807) is 0 Å². The molecule has 0 spiro atoms. The number of hydrogen-bond acceptors (Lipinski definition) is 1. The van der Waals surface area contributed by atoms with Crippen molar-refractivity contribution in [2.45, 2.75) is 64.3 Å². The Morgan fingerprint density at radius 1 is 1.05 bits per heavy atom. The van der Waals surface area contributed by atoms with Gasteiger partial charge in [-0.3, -0.25) is 0 Å². The summed E-state index contributed by atoms with van der Waals surface area (Å²) in [4.78, 5) is 0. The molecule has 19 heavy (non-hydrogen) atoms. The van der Waals surface area contributed by atoms with E-state index >= 15 is 0 Å². The van der Waals surface area contributed by atoms with Crippen molar-refractivity contribution in [3.05, 3.63) is 35.9 Å². The molecule has 1 saturated carbocycles. The Morgan fingerprint density at radius 2 is 1.74 bits per heavy atom. The molecule has 1 nitrogen and oxygen atoms in total. The van der Waals surface area contributed by atoms with Crippen LogP contribution in [0.25, 0.3) is 0 Å². The standard InChI is InChI=1S/C18H29N/c1-2-19-18(15-17-12-8-5-9-13-17)14-16-10-6-3-4-7-11-16/h5,8-9,12-13,16,18-19H,2-4,6-7,10-11,14-15H2,1H3. The molecule has 1 aromatic rings. The third-order valence-electron chi connectivity index (χ3n) is 4.41. The summed E-state index contributed by atoms with van der Waals surface area (Å²) in [5.74, 6) is 0.954. The summed E-state index contributed by atoms with van der Waals surface area (Å²) >= 11 is 0. The second-order valence-electron chi connectivity index (χ2n) is 6.04. The van der Waals surface area contributed by atoms with Crippen LogP contribution in [0.3, 0.4) is 0 Å². The molecule has 1 aliphatic carbocycles. The van der Waals surface area contributed by atoms with Gasteiger partial charge in [0.15, 0.2) is 0 Å². The van der Waals surface area contributed by atoms with Crippen LogP contribution in [-0.4, -0.2) is 12.6 Å². The van der Waals surface area contributed by atoms with Crippen LogP contribution in [0, 0.1) is 5.92 Å². The van der Waals surface area contributed by atoms with Crippen LogP contribution >= 0.6 is 0 Å². The first-order valence-electron chi connectivity index (χ1n) is 8.15. The average molecular weight is 259 g/mol. The predicted octanol–water partition coefficient (Wildman–Crippen LogP) is 4.57. The zero-order chi connectivity index (χ0) is 13.3. The van der Waals surface area contributed by atoms with Crippen LogP contribution in [0.2, 0.25) is 0 Å². The lowest BCUT2D eigenvalue weighted by Gasteiger charge is -2.23. The maximum Gasteiger partial charge on any atom is 0.0110 e. The van der Waals surface area contributed by atoms with Gasteiger partial charge >= 0.3 is 0 Å². The lowest BCUT2D eigenvalue weighted by atomic mass is 9.90. The Hall–Kier alpha value is -0.820. The minimum atomic E-state index is 0.662. The van der Waals surface area contributed by atoms with Crippen molar-refractivity contribution in [3.63, 3.8) is 0 Å². The molecule has 0 bridgehead atoms. The number of nitrogens with one attached hydrogen (secondary N) is 1. The summed E-state index contributed by atoms with van der Waals surface area (Å²) in [6, 6.07) is 11.6. The molecule has 1 atom stereocenters. The summed E-state index contributed by atoms with van der Waals surface area (Å²) in [6.07, 6.45) is 11.3. The largest absolute Gasteiger partial charge is 0.314 e. The second kappa shape index (κ2) is 8.37. The maximum atomic E-state index is 3.70. The van der Waals surface area contributed by atoms with Gasteiger partial charge < -0.3 is 5.32 Å².